The van der Waals surface area contributed by atoms with Crippen LogP contribution in [0.2, 0.25) is 10.0 Å². The van der Waals surface area contributed by atoms with Crippen LogP contribution in [0.15, 0.2) is 30.3 Å². The monoisotopic (exact) mass is 536 g/mol. The third-order valence-corrected chi connectivity index (χ3v) is 6.93. The second-order valence-electron chi connectivity index (χ2n) is 8.81. The Morgan fingerprint density at radius 1 is 1.12 bits per heavy atom. The summed E-state index contributed by atoms with van der Waals surface area (Å²) in [5.74, 6) is -1.49. The number of carboxylic acids is 1. The highest BCUT2D eigenvalue weighted by Gasteiger charge is 2.31. The van der Waals surface area contributed by atoms with Crippen LogP contribution in [-0.2, 0) is 6.54 Å². The number of nitrogens with zero attached hydrogens (tertiary/aromatic N) is 2. The van der Waals surface area contributed by atoms with Gasteiger partial charge in [-0.05, 0) is 79.6 Å². The molecule has 1 aliphatic heterocycles. The van der Waals surface area contributed by atoms with E-state index >= 15 is 0 Å². The van der Waals surface area contributed by atoms with Crippen LogP contribution in [0.3, 0.4) is 0 Å². The van der Waals surface area contributed by atoms with Crippen molar-refractivity contribution >= 4 is 54.0 Å². The molecule has 2 fully saturated rings. The second-order valence-corrected chi connectivity index (χ2v) is 9.68. The molecule has 1 saturated heterocycles. The molecule has 1 aliphatic carbocycles. The fourth-order valence-corrected chi connectivity index (χ4v) is 5.26. The van der Waals surface area contributed by atoms with Gasteiger partial charge in [-0.3, -0.25) is 9.80 Å². The van der Waals surface area contributed by atoms with Crippen LogP contribution in [-0.4, -0.2) is 46.6 Å². The first-order valence-electron chi connectivity index (χ1n) is 10.7. The largest absolute Gasteiger partial charge is 0.478 e. The maximum absolute atomic E-state index is 14.4. The van der Waals surface area contributed by atoms with Gasteiger partial charge in [0.1, 0.15) is 5.82 Å². The molecule has 0 amide bonds. The summed E-state index contributed by atoms with van der Waals surface area (Å²) in [5, 5.41) is 10.6. The molecule has 2 aromatic rings. The van der Waals surface area contributed by atoms with Gasteiger partial charge in [-0.1, -0.05) is 23.2 Å². The highest BCUT2D eigenvalue weighted by Crippen LogP contribution is 2.43. The lowest BCUT2D eigenvalue weighted by Crippen LogP contribution is -2.52. The lowest BCUT2D eigenvalue weighted by Gasteiger charge is -2.43. The van der Waals surface area contributed by atoms with Gasteiger partial charge in [0.2, 0.25) is 0 Å². The Kier molecular flexibility index (Phi) is 9.87. The summed E-state index contributed by atoms with van der Waals surface area (Å²) in [6, 6.07) is 9.14. The first-order chi connectivity index (χ1) is 14.7. The molecule has 33 heavy (non-hydrogen) atoms. The molecule has 9 heteroatoms. The Bertz CT molecular complexity index is 982. The Labute approximate surface area is 216 Å². The van der Waals surface area contributed by atoms with Gasteiger partial charge in [0, 0.05) is 48.3 Å². The van der Waals surface area contributed by atoms with E-state index in [0.29, 0.717) is 28.5 Å². The zero-order chi connectivity index (χ0) is 22.3. The predicted molar refractivity (Wildman–Crippen MR) is 136 cm³/mol. The van der Waals surface area contributed by atoms with Gasteiger partial charge in [-0.2, -0.15) is 0 Å². The van der Waals surface area contributed by atoms with Crippen molar-refractivity contribution in [3.8, 4) is 0 Å². The summed E-state index contributed by atoms with van der Waals surface area (Å²) in [6.07, 6.45) is 2.09. The SMILES string of the molecule is CC(c1cc(Cl)cc(Cl)c1)N1CCN(Cc2cc(F)c(C(=O)O)cc2C2CC2)C[C@H]1C.Cl.Cl. The van der Waals surface area contributed by atoms with Crippen molar-refractivity contribution in [3.63, 3.8) is 0 Å². The van der Waals surface area contributed by atoms with Crippen LogP contribution in [0, 0.1) is 5.82 Å². The molecule has 0 spiro atoms. The Morgan fingerprint density at radius 3 is 2.30 bits per heavy atom. The summed E-state index contributed by atoms with van der Waals surface area (Å²) in [4.78, 5) is 16.1. The summed E-state index contributed by atoms with van der Waals surface area (Å²) in [5.41, 5.74) is 2.79. The third kappa shape index (κ3) is 6.53. The average Bonchev–Trinajstić information content (AvgIpc) is 3.52. The Morgan fingerprint density at radius 2 is 1.76 bits per heavy atom. The first kappa shape index (κ1) is 28.2. The van der Waals surface area contributed by atoms with Crippen LogP contribution in [0.1, 0.15) is 65.7 Å². The first-order valence-corrected chi connectivity index (χ1v) is 11.5. The van der Waals surface area contributed by atoms with E-state index < -0.39 is 11.8 Å². The topological polar surface area (TPSA) is 43.8 Å². The van der Waals surface area contributed by atoms with Crippen molar-refractivity contribution in [2.75, 3.05) is 19.6 Å². The minimum Gasteiger partial charge on any atom is -0.478 e. The molecular weight excluding hydrogens is 509 g/mol. The molecule has 4 nitrogen and oxygen atoms in total. The van der Waals surface area contributed by atoms with Gasteiger partial charge in [0.05, 0.1) is 5.56 Å². The smallest absolute Gasteiger partial charge is 0.338 e. The number of carbonyl (C=O) groups is 1. The quantitative estimate of drug-likeness (QED) is 0.439. The minimum atomic E-state index is -1.21. The molecule has 4 rings (SSSR count). The van der Waals surface area contributed by atoms with Gasteiger partial charge in [0.25, 0.3) is 0 Å². The van der Waals surface area contributed by atoms with E-state index in [1.54, 1.807) is 12.1 Å². The molecule has 1 unspecified atom stereocenters. The molecule has 2 aromatic carbocycles. The van der Waals surface area contributed by atoms with Gasteiger partial charge in [0.15, 0.2) is 0 Å². The molecule has 0 radical (unpaired) electrons. The van der Waals surface area contributed by atoms with Gasteiger partial charge in [-0.15, -0.1) is 24.8 Å². The zero-order valence-electron chi connectivity index (χ0n) is 18.6. The van der Waals surface area contributed by atoms with E-state index in [-0.39, 0.29) is 36.4 Å². The molecule has 0 aromatic heterocycles. The molecule has 2 aliphatic rings. The lowest BCUT2D eigenvalue weighted by molar-refractivity contribution is 0.0503. The normalized spacial score (nSPS) is 20.0. The van der Waals surface area contributed by atoms with E-state index in [9.17, 15) is 14.3 Å². The van der Waals surface area contributed by atoms with Crippen molar-refractivity contribution in [2.24, 2.45) is 0 Å². The van der Waals surface area contributed by atoms with E-state index in [4.69, 9.17) is 23.2 Å². The summed E-state index contributed by atoms with van der Waals surface area (Å²) < 4.78 is 14.4. The van der Waals surface area contributed by atoms with Gasteiger partial charge < -0.3 is 5.11 Å². The summed E-state index contributed by atoms with van der Waals surface area (Å²) in [7, 11) is 0. The highest BCUT2D eigenvalue weighted by molar-refractivity contribution is 6.34. The summed E-state index contributed by atoms with van der Waals surface area (Å²) >= 11 is 12.4. The highest BCUT2D eigenvalue weighted by atomic mass is 35.5. The number of aromatic carboxylic acids is 1. The molecule has 0 bridgehead atoms. The number of benzene rings is 2. The van der Waals surface area contributed by atoms with E-state index in [1.165, 1.54) is 6.07 Å². The molecule has 2 atom stereocenters. The Balaban J connectivity index is 0.00000193. The van der Waals surface area contributed by atoms with Crippen LogP contribution in [0.25, 0.3) is 0 Å². The van der Waals surface area contributed by atoms with Crippen LogP contribution in [0.5, 0.6) is 0 Å². The second kappa shape index (κ2) is 11.6. The van der Waals surface area contributed by atoms with E-state index in [1.807, 2.05) is 12.1 Å². The minimum absolute atomic E-state index is 0. The van der Waals surface area contributed by atoms with Crippen molar-refractivity contribution < 1.29 is 14.3 Å². The number of rotatable bonds is 6. The van der Waals surface area contributed by atoms with Crippen LogP contribution >= 0.6 is 48.0 Å². The lowest BCUT2D eigenvalue weighted by atomic mass is 9.98. The number of piperazine rings is 1. The number of hydrogen-bond acceptors (Lipinski definition) is 3. The third-order valence-electron chi connectivity index (χ3n) is 6.50. The zero-order valence-corrected chi connectivity index (χ0v) is 21.7. The molecule has 1 saturated carbocycles. The fraction of sp³-hybridized carbons (Fsp3) is 0.458. The fourth-order valence-electron chi connectivity index (χ4n) is 4.72. The molecule has 182 valence electrons. The molecule has 1 heterocycles. The van der Waals surface area contributed by atoms with E-state index in [0.717, 1.165) is 49.2 Å². The predicted octanol–water partition coefficient (Wildman–Crippen LogP) is 6.82. The molecule has 1 N–H and O–H groups in total. The number of halogens is 5. The maximum atomic E-state index is 14.4. The number of hydrogen-bond donors (Lipinski definition) is 1. The Hall–Kier alpha value is -1.08. The summed E-state index contributed by atoms with van der Waals surface area (Å²) in [6.45, 7) is 7.59. The van der Waals surface area contributed by atoms with Crippen LogP contribution in [0.4, 0.5) is 4.39 Å². The van der Waals surface area contributed by atoms with Crippen molar-refractivity contribution in [1.82, 2.24) is 9.80 Å². The van der Waals surface area contributed by atoms with Crippen molar-refractivity contribution in [2.45, 2.75) is 51.2 Å². The standard InChI is InChI=1S/C24H27Cl2FN2O2.2ClH/c1-14-12-28(5-6-29(14)15(2)17-7-19(25)10-20(26)8-17)13-18-9-23(27)22(24(30)31)11-21(18)16-3-4-16;;/h7-11,14-16H,3-6,12-13H2,1-2H3,(H,30,31);2*1H/t14-,15?;;/m1../s1. The van der Waals surface area contributed by atoms with Crippen LogP contribution < -0.4 is 0 Å². The average molecular weight is 538 g/mol. The maximum Gasteiger partial charge on any atom is 0.338 e. The molecular formula is C24H29Cl4FN2O2. The van der Waals surface area contributed by atoms with Crippen molar-refractivity contribution in [3.05, 3.63) is 68.4 Å². The van der Waals surface area contributed by atoms with Crippen molar-refractivity contribution in [1.29, 1.82) is 0 Å². The van der Waals surface area contributed by atoms with Gasteiger partial charge >= 0.3 is 5.97 Å². The van der Waals surface area contributed by atoms with E-state index in [2.05, 4.69) is 23.6 Å². The number of carboxylic acid groups (broad SMARTS) is 1. The van der Waals surface area contributed by atoms with Gasteiger partial charge in [-0.25, -0.2) is 9.18 Å².